The Morgan fingerprint density at radius 1 is 0.944 bits per heavy atom. The maximum absolute atomic E-state index is 13.6. The maximum atomic E-state index is 13.6. The van der Waals surface area contributed by atoms with Crippen LogP contribution in [0.25, 0.3) is 10.2 Å². The van der Waals surface area contributed by atoms with Gasteiger partial charge in [0, 0.05) is 11.7 Å². The lowest BCUT2D eigenvalue weighted by Gasteiger charge is -2.25. The van der Waals surface area contributed by atoms with Crippen molar-refractivity contribution in [1.82, 2.24) is 4.57 Å². The molecule has 0 aliphatic carbocycles. The van der Waals surface area contributed by atoms with Crippen LogP contribution < -0.4 is 14.5 Å². The van der Waals surface area contributed by atoms with Crippen LogP contribution in [0.1, 0.15) is 36.6 Å². The second kappa shape index (κ2) is 9.91. The third-order valence-electron chi connectivity index (χ3n) is 5.80. The van der Waals surface area contributed by atoms with Crippen molar-refractivity contribution in [1.29, 1.82) is 0 Å². The lowest BCUT2D eigenvalue weighted by molar-refractivity contribution is -0.114. The number of aromatic nitrogens is 1. The van der Waals surface area contributed by atoms with E-state index in [4.69, 9.17) is 0 Å². The Hall–Kier alpha value is -3.43. The van der Waals surface area contributed by atoms with Crippen molar-refractivity contribution in [2.75, 3.05) is 16.2 Å². The Kier molecular flexibility index (Phi) is 7.06. The van der Waals surface area contributed by atoms with E-state index < -0.39 is 22.5 Å². The largest absolute Gasteiger partial charge is 0.324 e. The van der Waals surface area contributed by atoms with Crippen molar-refractivity contribution in [2.45, 2.75) is 45.6 Å². The molecule has 0 aliphatic heterocycles. The summed E-state index contributed by atoms with van der Waals surface area (Å²) in [6, 6.07) is 17.3. The van der Waals surface area contributed by atoms with Crippen LogP contribution in [0, 0.1) is 20.8 Å². The molecule has 36 heavy (non-hydrogen) atoms. The van der Waals surface area contributed by atoms with E-state index in [2.05, 4.69) is 5.32 Å². The summed E-state index contributed by atoms with van der Waals surface area (Å²) in [5.74, 6) is -0.486. The predicted octanol–water partition coefficient (Wildman–Crippen LogP) is 5.40. The van der Waals surface area contributed by atoms with Crippen LogP contribution in [0.3, 0.4) is 0 Å². The first-order valence-electron chi connectivity index (χ1n) is 11.6. The smallest absolute Gasteiger partial charge is 0.308 e. The van der Waals surface area contributed by atoms with E-state index in [-0.39, 0.29) is 15.8 Å². The monoisotopic (exact) mass is 523 g/mol. The van der Waals surface area contributed by atoms with Gasteiger partial charge in [0.2, 0.25) is 5.91 Å². The zero-order chi connectivity index (χ0) is 26.2. The number of aryl methyl sites for hydroxylation is 3. The van der Waals surface area contributed by atoms with Gasteiger partial charge in [-0.2, -0.15) is 0 Å². The molecule has 3 aromatic carbocycles. The van der Waals surface area contributed by atoms with Crippen molar-refractivity contribution >= 4 is 48.9 Å². The fourth-order valence-corrected chi connectivity index (χ4v) is 6.64. The van der Waals surface area contributed by atoms with E-state index in [9.17, 15) is 18.0 Å². The number of amides is 1. The van der Waals surface area contributed by atoms with Crippen molar-refractivity contribution in [3.63, 3.8) is 0 Å². The molecule has 7 nitrogen and oxygen atoms in total. The summed E-state index contributed by atoms with van der Waals surface area (Å²) in [7, 11) is -4.01. The number of anilines is 2. The number of thiazole rings is 1. The Bertz CT molecular complexity index is 1580. The van der Waals surface area contributed by atoms with E-state index in [1.54, 1.807) is 59.2 Å². The van der Waals surface area contributed by atoms with Crippen molar-refractivity contribution in [3.05, 3.63) is 87.0 Å². The molecule has 4 aromatic rings. The SMILES string of the molecule is Cc1ccc(S(=O)(=O)N(CC(=O)Nc2ccc3c(c2)sc(=O)n3C(C)C)c2cc(C)cc(C)c2)cc1. The first-order chi connectivity index (χ1) is 17.0. The van der Waals surface area contributed by atoms with Gasteiger partial charge in [-0.25, -0.2) is 8.42 Å². The highest BCUT2D eigenvalue weighted by molar-refractivity contribution is 7.92. The van der Waals surface area contributed by atoms with Gasteiger partial charge in [-0.3, -0.25) is 18.5 Å². The Morgan fingerprint density at radius 3 is 2.19 bits per heavy atom. The zero-order valence-electron chi connectivity index (χ0n) is 20.9. The number of rotatable bonds is 7. The van der Waals surface area contributed by atoms with E-state index in [1.165, 1.54) is 0 Å². The molecule has 1 N–H and O–H groups in total. The zero-order valence-corrected chi connectivity index (χ0v) is 22.5. The number of carbonyl (C=O) groups excluding carboxylic acids is 1. The minimum atomic E-state index is -4.01. The molecule has 0 radical (unpaired) electrons. The molecule has 0 aliphatic rings. The van der Waals surface area contributed by atoms with E-state index in [1.807, 2.05) is 40.7 Å². The van der Waals surface area contributed by atoms with Crippen LogP contribution >= 0.6 is 11.3 Å². The molecule has 1 heterocycles. The van der Waals surface area contributed by atoms with Crippen LogP contribution in [0.5, 0.6) is 0 Å². The van der Waals surface area contributed by atoms with E-state index >= 15 is 0 Å². The Labute approximate surface area is 215 Å². The summed E-state index contributed by atoms with van der Waals surface area (Å²) in [4.78, 5) is 25.5. The molecule has 0 saturated heterocycles. The van der Waals surface area contributed by atoms with Gasteiger partial charge >= 0.3 is 4.87 Å². The van der Waals surface area contributed by atoms with Crippen molar-refractivity contribution < 1.29 is 13.2 Å². The van der Waals surface area contributed by atoms with Gasteiger partial charge in [0.15, 0.2) is 0 Å². The van der Waals surface area contributed by atoms with Gasteiger partial charge in [-0.1, -0.05) is 35.1 Å². The second-order valence-electron chi connectivity index (χ2n) is 9.23. The van der Waals surface area contributed by atoms with Crippen molar-refractivity contribution in [2.24, 2.45) is 0 Å². The van der Waals surface area contributed by atoms with Gasteiger partial charge in [0.05, 0.1) is 20.8 Å². The van der Waals surface area contributed by atoms with Gasteiger partial charge in [0.25, 0.3) is 10.0 Å². The normalized spacial score (nSPS) is 11.7. The first kappa shape index (κ1) is 25.7. The molecule has 0 unspecified atom stereocenters. The van der Waals surface area contributed by atoms with Gasteiger partial charge < -0.3 is 5.32 Å². The highest BCUT2D eigenvalue weighted by atomic mass is 32.2. The molecule has 188 valence electrons. The molecule has 1 amide bonds. The summed E-state index contributed by atoms with van der Waals surface area (Å²) in [5, 5.41) is 2.80. The fraction of sp³-hybridized carbons (Fsp3) is 0.259. The number of hydrogen-bond acceptors (Lipinski definition) is 5. The predicted molar refractivity (Wildman–Crippen MR) is 147 cm³/mol. The molecular formula is C27H29N3O4S2. The average Bonchev–Trinajstić information content (AvgIpc) is 3.12. The molecule has 0 bridgehead atoms. The highest BCUT2D eigenvalue weighted by Crippen LogP contribution is 2.27. The summed E-state index contributed by atoms with van der Waals surface area (Å²) in [5.41, 5.74) is 4.45. The number of fused-ring (bicyclic) bond motifs is 1. The standard InChI is InChI=1S/C27H29N3O4S2/c1-17(2)30-24-11-8-21(15-25(24)35-27(30)32)28-26(31)16-29(22-13-19(4)12-20(5)14-22)36(33,34)23-9-6-18(3)7-10-23/h6-15,17H,16H2,1-5H3,(H,28,31). The topological polar surface area (TPSA) is 88.5 Å². The lowest BCUT2D eigenvalue weighted by atomic mass is 10.1. The number of nitrogens with zero attached hydrogens (tertiary/aromatic N) is 2. The molecule has 4 rings (SSSR count). The number of carbonyl (C=O) groups is 1. The third-order valence-corrected chi connectivity index (χ3v) is 8.51. The number of nitrogens with one attached hydrogen (secondary N) is 1. The second-order valence-corrected chi connectivity index (χ2v) is 12.1. The van der Waals surface area contributed by atoms with E-state index in [0.29, 0.717) is 11.4 Å². The summed E-state index contributed by atoms with van der Waals surface area (Å²) in [6.07, 6.45) is 0. The van der Waals surface area contributed by atoms with Crippen LogP contribution in [0.2, 0.25) is 0 Å². The Morgan fingerprint density at radius 2 is 1.58 bits per heavy atom. The summed E-state index contributed by atoms with van der Waals surface area (Å²) < 4.78 is 30.9. The number of benzene rings is 3. The van der Waals surface area contributed by atoms with Gasteiger partial charge in [-0.15, -0.1) is 0 Å². The first-order valence-corrected chi connectivity index (χ1v) is 13.8. The van der Waals surface area contributed by atoms with Crippen LogP contribution in [0.4, 0.5) is 11.4 Å². The lowest BCUT2D eigenvalue weighted by Crippen LogP contribution is -2.38. The number of hydrogen-bond donors (Lipinski definition) is 1. The van der Waals surface area contributed by atoms with Crippen molar-refractivity contribution in [3.8, 4) is 0 Å². The minimum absolute atomic E-state index is 0.0185. The molecular weight excluding hydrogens is 494 g/mol. The molecule has 0 fully saturated rings. The van der Waals surface area contributed by atoms with Gasteiger partial charge in [-0.05, 0) is 88.2 Å². The minimum Gasteiger partial charge on any atom is -0.324 e. The maximum Gasteiger partial charge on any atom is 0.308 e. The molecule has 0 atom stereocenters. The molecule has 9 heteroatoms. The number of sulfonamides is 1. The fourth-order valence-electron chi connectivity index (χ4n) is 4.18. The third kappa shape index (κ3) is 5.22. The quantitative estimate of drug-likeness (QED) is 0.351. The molecule has 1 aromatic heterocycles. The Balaban J connectivity index is 1.67. The molecule has 0 saturated carbocycles. The highest BCUT2D eigenvalue weighted by Gasteiger charge is 2.27. The summed E-state index contributed by atoms with van der Waals surface area (Å²) >= 11 is 1.11. The van der Waals surface area contributed by atoms with Crippen LogP contribution in [-0.2, 0) is 14.8 Å². The van der Waals surface area contributed by atoms with Crippen LogP contribution in [-0.4, -0.2) is 25.4 Å². The van der Waals surface area contributed by atoms with Gasteiger partial charge in [0.1, 0.15) is 6.54 Å². The molecule has 0 spiro atoms. The summed E-state index contributed by atoms with van der Waals surface area (Å²) in [6.45, 7) is 9.14. The average molecular weight is 524 g/mol. The van der Waals surface area contributed by atoms with Crippen LogP contribution in [0.15, 0.2) is 70.4 Å². The van der Waals surface area contributed by atoms with E-state index in [0.717, 1.165) is 42.5 Å².